The van der Waals surface area contributed by atoms with E-state index in [1.54, 1.807) is 17.0 Å². The lowest BCUT2D eigenvalue weighted by molar-refractivity contribution is -0.131. The first kappa shape index (κ1) is 24.5. The van der Waals surface area contributed by atoms with E-state index in [-0.39, 0.29) is 35.1 Å². The molecule has 180 valence electrons. The molecule has 2 aromatic carbocycles. The van der Waals surface area contributed by atoms with Crippen molar-refractivity contribution >= 4 is 45.6 Å². The van der Waals surface area contributed by atoms with Crippen LogP contribution in [0.5, 0.6) is 0 Å². The monoisotopic (exact) mass is 504 g/mol. The minimum Gasteiger partial charge on any atom is -0.374 e. The van der Waals surface area contributed by atoms with E-state index in [1.807, 2.05) is 19.1 Å². The lowest BCUT2D eigenvalue weighted by atomic mass is 9.93. The van der Waals surface area contributed by atoms with Crippen molar-refractivity contribution in [2.24, 2.45) is 5.73 Å². The molecule has 4 N–H and O–H groups in total. The molecule has 1 atom stereocenters. The zero-order valence-electron chi connectivity index (χ0n) is 18.9. The Hall–Kier alpha value is -2.61. The first-order valence-electron chi connectivity index (χ1n) is 11.3. The second kappa shape index (κ2) is 10.3. The fourth-order valence-corrected chi connectivity index (χ4v) is 5.28. The number of H-pyrrole nitrogens is 1. The molecule has 3 aromatic rings. The van der Waals surface area contributed by atoms with Gasteiger partial charge in [0.25, 0.3) is 5.56 Å². The molecule has 0 saturated heterocycles. The molecule has 0 spiro atoms. The normalized spacial score (nSPS) is 15.4. The molecule has 0 bridgehead atoms. The molecule has 0 fully saturated rings. The van der Waals surface area contributed by atoms with Gasteiger partial charge in [0.2, 0.25) is 5.91 Å². The maximum Gasteiger partial charge on any atom is 0.256 e. The van der Waals surface area contributed by atoms with E-state index in [9.17, 15) is 14.0 Å². The Balaban J connectivity index is 1.50. The quantitative estimate of drug-likeness (QED) is 0.402. The molecular formula is C25H27Cl2FN4O2. The number of anilines is 1. The summed E-state index contributed by atoms with van der Waals surface area (Å²) < 4.78 is 14.7. The molecule has 1 unspecified atom stereocenters. The summed E-state index contributed by atoms with van der Waals surface area (Å²) in [7, 11) is 0. The minimum atomic E-state index is -0.587. The summed E-state index contributed by atoms with van der Waals surface area (Å²) in [6.07, 6.45) is 3.04. The molecule has 6 nitrogen and oxygen atoms in total. The number of pyridine rings is 1. The first-order chi connectivity index (χ1) is 16.3. The Kier molecular flexibility index (Phi) is 7.45. The Morgan fingerprint density at radius 1 is 1.24 bits per heavy atom. The fraction of sp³-hybridized carbons (Fsp3) is 0.360. The number of amides is 1. The summed E-state index contributed by atoms with van der Waals surface area (Å²) in [4.78, 5) is 30.0. The third-order valence-electron chi connectivity index (χ3n) is 6.33. The van der Waals surface area contributed by atoms with Gasteiger partial charge in [-0.25, -0.2) is 4.39 Å². The van der Waals surface area contributed by atoms with Crippen molar-refractivity contribution in [1.82, 2.24) is 9.88 Å². The molecule has 0 saturated carbocycles. The highest BCUT2D eigenvalue weighted by molar-refractivity contribution is 6.35. The van der Waals surface area contributed by atoms with Crippen molar-refractivity contribution in [3.05, 3.63) is 73.4 Å². The van der Waals surface area contributed by atoms with Gasteiger partial charge < -0.3 is 20.9 Å². The lowest BCUT2D eigenvalue weighted by Gasteiger charge is -2.36. The summed E-state index contributed by atoms with van der Waals surface area (Å²) in [6.45, 7) is 2.95. The molecule has 1 aliphatic heterocycles. The van der Waals surface area contributed by atoms with E-state index in [0.717, 1.165) is 29.7 Å². The molecule has 1 aliphatic rings. The van der Waals surface area contributed by atoms with Gasteiger partial charge in [-0.1, -0.05) is 23.2 Å². The average Bonchev–Trinajstić information content (AvgIpc) is 2.78. The number of aryl methyl sites for hydroxylation is 1. The van der Waals surface area contributed by atoms with Crippen LogP contribution in [0.3, 0.4) is 0 Å². The van der Waals surface area contributed by atoms with Gasteiger partial charge in [0.05, 0.1) is 23.7 Å². The van der Waals surface area contributed by atoms with Gasteiger partial charge in [0.15, 0.2) is 0 Å². The number of halogens is 3. The topological polar surface area (TPSA) is 91.2 Å². The van der Waals surface area contributed by atoms with Crippen molar-refractivity contribution in [2.75, 3.05) is 25.0 Å². The van der Waals surface area contributed by atoms with Gasteiger partial charge in [-0.2, -0.15) is 0 Å². The van der Waals surface area contributed by atoms with E-state index in [1.165, 1.54) is 6.07 Å². The van der Waals surface area contributed by atoms with Crippen molar-refractivity contribution in [2.45, 2.75) is 38.6 Å². The standard InChI is InChI=1S/C25H27Cl2FN4O2/c1-14-24-15(8-17(26)11-20(24)27)5-7-32(14)23(33)13-30-22-10-16-9-18(4-2-3-6-29)31-25(34)19(16)12-21(22)28/h8-12,14,30H,2-7,13,29H2,1H3,(H,31,34). The van der Waals surface area contributed by atoms with Crippen LogP contribution in [0.25, 0.3) is 10.8 Å². The maximum absolute atomic E-state index is 14.7. The predicted molar refractivity (Wildman–Crippen MR) is 135 cm³/mol. The van der Waals surface area contributed by atoms with Crippen LogP contribution in [0.4, 0.5) is 10.1 Å². The van der Waals surface area contributed by atoms with Crippen LogP contribution in [0.15, 0.2) is 35.1 Å². The SMILES string of the molecule is CC1c2c(Cl)cc(Cl)cc2CCN1C(=O)CNc1cc2cc(CCCCN)[nH]c(=O)c2cc1F. The molecule has 4 rings (SSSR count). The van der Waals surface area contributed by atoms with E-state index in [4.69, 9.17) is 28.9 Å². The van der Waals surface area contributed by atoms with Gasteiger partial charge in [-0.15, -0.1) is 0 Å². The summed E-state index contributed by atoms with van der Waals surface area (Å²) in [5, 5.41) is 4.91. The van der Waals surface area contributed by atoms with Gasteiger partial charge >= 0.3 is 0 Å². The number of rotatable bonds is 7. The number of nitrogens with one attached hydrogen (secondary N) is 2. The largest absolute Gasteiger partial charge is 0.374 e. The zero-order valence-corrected chi connectivity index (χ0v) is 20.4. The molecule has 34 heavy (non-hydrogen) atoms. The Bertz CT molecular complexity index is 1290. The third kappa shape index (κ3) is 5.06. The predicted octanol–water partition coefficient (Wildman–Crippen LogP) is 4.81. The maximum atomic E-state index is 14.7. The third-order valence-corrected chi connectivity index (χ3v) is 6.86. The highest BCUT2D eigenvalue weighted by Gasteiger charge is 2.29. The lowest BCUT2D eigenvalue weighted by Crippen LogP contribution is -2.42. The molecule has 0 radical (unpaired) electrons. The highest BCUT2D eigenvalue weighted by Crippen LogP contribution is 2.37. The molecular weight excluding hydrogens is 478 g/mol. The summed E-state index contributed by atoms with van der Waals surface area (Å²) in [6, 6.07) is 7.97. The molecule has 2 heterocycles. The first-order valence-corrected chi connectivity index (χ1v) is 12.1. The summed E-state index contributed by atoms with van der Waals surface area (Å²) in [5.74, 6) is -0.756. The van der Waals surface area contributed by atoms with Crippen LogP contribution in [-0.2, 0) is 17.6 Å². The molecule has 1 amide bonds. The van der Waals surface area contributed by atoms with Crippen LogP contribution in [0, 0.1) is 5.82 Å². The number of hydrogen-bond donors (Lipinski definition) is 3. The number of benzene rings is 2. The number of aromatic nitrogens is 1. The van der Waals surface area contributed by atoms with Crippen LogP contribution in [-0.4, -0.2) is 35.4 Å². The Morgan fingerprint density at radius 3 is 2.79 bits per heavy atom. The summed E-state index contributed by atoms with van der Waals surface area (Å²) in [5.41, 5.74) is 8.09. The number of carbonyl (C=O) groups is 1. The number of nitrogens with zero attached hydrogens (tertiary/aromatic N) is 1. The number of aromatic amines is 1. The second-order valence-corrected chi connectivity index (χ2v) is 9.46. The van der Waals surface area contributed by atoms with E-state index >= 15 is 0 Å². The Labute approximate surface area is 207 Å². The number of unbranched alkanes of at least 4 members (excludes halogenated alkanes) is 1. The molecule has 0 aliphatic carbocycles. The van der Waals surface area contributed by atoms with Crippen LogP contribution < -0.4 is 16.6 Å². The second-order valence-electron chi connectivity index (χ2n) is 8.62. The van der Waals surface area contributed by atoms with E-state index in [0.29, 0.717) is 41.4 Å². The van der Waals surface area contributed by atoms with E-state index in [2.05, 4.69) is 10.3 Å². The number of hydrogen-bond acceptors (Lipinski definition) is 4. The smallest absolute Gasteiger partial charge is 0.256 e. The van der Waals surface area contributed by atoms with Gasteiger partial charge in [0.1, 0.15) is 5.82 Å². The van der Waals surface area contributed by atoms with Crippen molar-refractivity contribution in [3.63, 3.8) is 0 Å². The minimum absolute atomic E-state index is 0.0835. The van der Waals surface area contributed by atoms with Crippen molar-refractivity contribution in [3.8, 4) is 0 Å². The van der Waals surface area contributed by atoms with E-state index < -0.39 is 5.82 Å². The average molecular weight is 505 g/mol. The summed E-state index contributed by atoms with van der Waals surface area (Å²) >= 11 is 12.5. The highest BCUT2D eigenvalue weighted by atomic mass is 35.5. The molecule has 9 heteroatoms. The fourth-order valence-electron chi connectivity index (χ4n) is 4.59. The van der Waals surface area contributed by atoms with Crippen LogP contribution >= 0.6 is 23.2 Å². The van der Waals surface area contributed by atoms with Gasteiger partial charge in [0, 0.05) is 22.3 Å². The van der Waals surface area contributed by atoms with Crippen LogP contribution in [0.2, 0.25) is 10.0 Å². The zero-order chi connectivity index (χ0) is 24.4. The molecule has 1 aromatic heterocycles. The van der Waals surface area contributed by atoms with Gasteiger partial charge in [-0.05, 0) is 86.0 Å². The number of nitrogens with two attached hydrogens (primary N) is 1. The van der Waals surface area contributed by atoms with Gasteiger partial charge in [-0.3, -0.25) is 9.59 Å². The van der Waals surface area contributed by atoms with Crippen molar-refractivity contribution < 1.29 is 9.18 Å². The van der Waals surface area contributed by atoms with Crippen LogP contribution in [0.1, 0.15) is 42.6 Å². The Morgan fingerprint density at radius 2 is 2.03 bits per heavy atom. The number of carbonyl (C=O) groups excluding carboxylic acids is 1. The van der Waals surface area contributed by atoms with Crippen molar-refractivity contribution in [1.29, 1.82) is 0 Å². The number of fused-ring (bicyclic) bond motifs is 2.